The second-order valence-corrected chi connectivity index (χ2v) is 5.62. The van der Waals surface area contributed by atoms with Crippen LogP contribution in [-0.2, 0) is 0 Å². The molecule has 7 heteroatoms. The molecule has 118 valence electrons. The highest BCUT2D eigenvalue weighted by Crippen LogP contribution is 2.18. The maximum atomic E-state index is 5.77. The first-order valence-corrected chi connectivity index (χ1v) is 7.81. The van der Waals surface area contributed by atoms with Crippen LogP contribution in [0.3, 0.4) is 0 Å². The smallest absolute Gasteiger partial charge is 0.228 e. The number of hydrogen-bond acceptors (Lipinski definition) is 5. The lowest BCUT2D eigenvalue weighted by molar-refractivity contribution is 0.306. The molecule has 0 fully saturated rings. The van der Waals surface area contributed by atoms with Gasteiger partial charge in [0.1, 0.15) is 5.75 Å². The molecule has 0 atom stereocenters. The topological polar surface area (TPSA) is 59.9 Å². The van der Waals surface area contributed by atoms with Gasteiger partial charge in [-0.2, -0.15) is 15.0 Å². The van der Waals surface area contributed by atoms with Crippen molar-refractivity contribution in [1.82, 2.24) is 15.0 Å². The number of halogens is 2. The number of anilines is 1. The Morgan fingerprint density at radius 3 is 2.45 bits per heavy atom. The lowest BCUT2D eigenvalue weighted by atomic mass is 10.1. The molecule has 0 saturated carbocycles. The molecule has 0 aliphatic rings. The van der Waals surface area contributed by atoms with Crippen LogP contribution in [0.15, 0.2) is 18.2 Å². The number of ether oxygens (including phenoxy) is 1. The molecule has 2 aromatic rings. The first-order valence-electron chi connectivity index (χ1n) is 7.05. The van der Waals surface area contributed by atoms with Gasteiger partial charge >= 0.3 is 0 Å². The molecule has 1 aromatic heterocycles. The van der Waals surface area contributed by atoms with Gasteiger partial charge in [-0.3, -0.25) is 0 Å². The summed E-state index contributed by atoms with van der Waals surface area (Å²) in [5.41, 5.74) is 2.40. The second-order valence-electron chi connectivity index (χ2n) is 4.95. The molecule has 22 heavy (non-hydrogen) atoms. The van der Waals surface area contributed by atoms with Gasteiger partial charge in [0.15, 0.2) is 0 Å². The van der Waals surface area contributed by atoms with Crippen LogP contribution in [0.5, 0.6) is 5.75 Å². The summed E-state index contributed by atoms with van der Waals surface area (Å²) in [7, 11) is 0. The average Bonchev–Trinajstić information content (AvgIpc) is 2.43. The van der Waals surface area contributed by atoms with Crippen LogP contribution in [0.25, 0.3) is 0 Å². The lowest BCUT2D eigenvalue weighted by Gasteiger charge is -2.10. The largest absolute Gasteiger partial charge is 0.493 e. The summed E-state index contributed by atoms with van der Waals surface area (Å²) in [6.07, 6.45) is 1.85. The third kappa shape index (κ3) is 5.31. The second kappa shape index (κ2) is 8.15. The maximum Gasteiger partial charge on any atom is 0.228 e. The van der Waals surface area contributed by atoms with Crippen molar-refractivity contribution in [3.8, 4) is 5.75 Å². The molecule has 0 saturated heterocycles. The molecule has 0 bridgehead atoms. The van der Waals surface area contributed by atoms with Crippen molar-refractivity contribution >= 4 is 29.2 Å². The van der Waals surface area contributed by atoms with E-state index in [1.807, 2.05) is 6.07 Å². The molecule has 0 aliphatic carbocycles. The van der Waals surface area contributed by atoms with Crippen LogP contribution in [0.1, 0.15) is 24.0 Å². The first-order chi connectivity index (χ1) is 10.5. The predicted molar refractivity (Wildman–Crippen MR) is 89.0 cm³/mol. The highest BCUT2D eigenvalue weighted by atomic mass is 35.5. The number of hydrogen-bond donors (Lipinski definition) is 1. The number of unbranched alkanes of at least 4 members (excludes halogenated alkanes) is 1. The van der Waals surface area contributed by atoms with Gasteiger partial charge in [0.05, 0.1) is 6.61 Å². The SMILES string of the molecule is Cc1ccc(OCCCCNc2nc(Cl)nc(Cl)n2)c(C)c1. The van der Waals surface area contributed by atoms with Crippen molar-refractivity contribution < 1.29 is 4.74 Å². The Bertz CT molecular complexity index is 617. The molecule has 1 aromatic carbocycles. The molecule has 0 unspecified atom stereocenters. The Morgan fingerprint density at radius 2 is 1.77 bits per heavy atom. The van der Waals surface area contributed by atoms with Gasteiger partial charge in [0.25, 0.3) is 0 Å². The van der Waals surface area contributed by atoms with E-state index in [1.165, 1.54) is 5.56 Å². The lowest BCUT2D eigenvalue weighted by Crippen LogP contribution is -2.08. The van der Waals surface area contributed by atoms with E-state index in [1.54, 1.807) is 0 Å². The summed E-state index contributed by atoms with van der Waals surface area (Å²) >= 11 is 11.4. The fourth-order valence-corrected chi connectivity index (χ4v) is 2.34. The number of rotatable bonds is 7. The van der Waals surface area contributed by atoms with Crippen LogP contribution >= 0.6 is 23.2 Å². The number of nitrogens with zero attached hydrogens (tertiary/aromatic N) is 3. The molecule has 0 aliphatic heterocycles. The Labute approximate surface area is 140 Å². The molecule has 2 rings (SSSR count). The van der Waals surface area contributed by atoms with Crippen molar-refractivity contribution in [3.05, 3.63) is 39.9 Å². The zero-order chi connectivity index (χ0) is 15.9. The maximum absolute atomic E-state index is 5.77. The monoisotopic (exact) mass is 340 g/mol. The van der Waals surface area contributed by atoms with E-state index in [0.717, 1.165) is 24.2 Å². The Kier molecular flexibility index (Phi) is 6.21. The van der Waals surface area contributed by atoms with Crippen molar-refractivity contribution in [2.45, 2.75) is 26.7 Å². The normalized spacial score (nSPS) is 10.5. The average molecular weight is 341 g/mol. The van der Waals surface area contributed by atoms with Crippen molar-refractivity contribution in [1.29, 1.82) is 0 Å². The van der Waals surface area contributed by atoms with Gasteiger partial charge in [0, 0.05) is 6.54 Å². The van der Waals surface area contributed by atoms with Crippen LogP contribution in [-0.4, -0.2) is 28.1 Å². The van der Waals surface area contributed by atoms with Gasteiger partial charge < -0.3 is 10.1 Å². The highest BCUT2D eigenvalue weighted by Gasteiger charge is 2.02. The summed E-state index contributed by atoms with van der Waals surface area (Å²) in [6.45, 7) is 5.51. The van der Waals surface area contributed by atoms with Gasteiger partial charge in [0.2, 0.25) is 16.5 Å². The standard InChI is InChI=1S/C15H18Cl2N4O/c1-10-5-6-12(11(2)9-10)22-8-4-3-7-18-15-20-13(16)19-14(17)21-15/h5-6,9H,3-4,7-8H2,1-2H3,(H,18,19,20,21). The summed E-state index contributed by atoms with van der Waals surface area (Å²) in [4.78, 5) is 11.6. The fourth-order valence-electron chi connectivity index (χ4n) is 1.98. The first kappa shape index (κ1) is 16.8. The van der Waals surface area contributed by atoms with Crippen molar-refractivity contribution in [3.63, 3.8) is 0 Å². The van der Waals surface area contributed by atoms with E-state index < -0.39 is 0 Å². The van der Waals surface area contributed by atoms with Gasteiger partial charge in [-0.15, -0.1) is 0 Å². The Hall–Kier alpha value is -1.59. The number of aromatic nitrogens is 3. The van der Waals surface area contributed by atoms with Crippen LogP contribution in [0.4, 0.5) is 5.95 Å². The van der Waals surface area contributed by atoms with Crippen LogP contribution in [0.2, 0.25) is 10.6 Å². The van der Waals surface area contributed by atoms with E-state index in [0.29, 0.717) is 19.1 Å². The fraction of sp³-hybridized carbons (Fsp3) is 0.400. The van der Waals surface area contributed by atoms with Crippen LogP contribution < -0.4 is 10.1 Å². The van der Waals surface area contributed by atoms with E-state index in [2.05, 4.69) is 46.2 Å². The summed E-state index contributed by atoms with van der Waals surface area (Å²) in [5.74, 6) is 1.33. The van der Waals surface area contributed by atoms with Gasteiger partial charge in [-0.05, 0) is 61.5 Å². The quantitative estimate of drug-likeness (QED) is 0.770. The number of benzene rings is 1. The summed E-state index contributed by atoms with van der Waals surface area (Å²) < 4.78 is 5.77. The minimum Gasteiger partial charge on any atom is -0.493 e. The molecule has 5 nitrogen and oxygen atoms in total. The molecule has 0 amide bonds. The Morgan fingerprint density at radius 1 is 1.05 bits per heavy atom. The van der Waals surface area contributed by atoms with E-state index in [9.17, 15) is 0 Å². The van der Waals surface area contributed by atoms with Crippen molar-refractivity contribution in [2.75, 3.05) is 18.5 Å². The molecule has 1 heterocycles. The molecule has 0 radical (unpaired) electrons. The summed E-state index contributed by atoms with van der Waals surface area (Å²) in [6, 6.07) is 6.18. The van der Waals surface area contributed by atoms with Gasteiger partial charge in [-0.25, -0.2) is 0 Å². The zero-order valence-electron chi connectivity index (χ0n) is 12.6. The van der Waals surface area contributed by atoms with Crippen LogP contribution in [0, 0.1) is 13.8 Å². The van der Waals surface area contributed by atoms with Gasteiger partial charge in [-0.1, -0.05) is 17.7 Å². The zero-order valence-corrected chi connectivity index (χ0v) is 14.1. The third-order valence-electron chi connectivity index (χ3n) is 3.02. The predicted octanol–water partition coefficient (Wildman–Crippen LogP) is 4.07. The molecule has 0 spiro atoms. The summed E-state index contributed by atoms with van der Waals surface area (Å²) in [5, 5.41) is 3.23. The molecular weight excluding hydrogens is 323 g/mol. The minimum atomic E-state index is 0.0840. The van der Waals surface area contributed by atoms with E-state index in [-0.39, 0.29) is 10.6 Å². The van der Waals surface area contributed by atoms with E-state index >= 15 is 0 Å². The number of nitrogens with one attached hydrogen (secondary N) is 1. The minimum absolute atomic E-state index is 0.0840. The molecular formula is C15H18Cl2N4O. The molecule has 1 N–H and O–H groups in total. The number of aryl methyl sites for hydroxylation is 2. The highest BCUT2D eigenvalue weighted by molar-refractivity contribution is 6.31. The Balaban J connectivity index is 1.67. The van der Waals surface area contributed by atoms with E-state index in [4.69, 9.17) is 27.9 Å². The van der Waals surface area contributed by atoms with Crippen molar-refractivity contribution in [2.24, 2.45) is 0 Å². The third-order valence-corrected chi connectivity index (χ3v) is 3.36.